The number of piperazine rings is 2. The van der Waals surface area contributed by atoms with Gasteiger partial charge in [0.2, 0.25) is 11.8 Å². The van der Waals surface area contributed by atoms with Crippen LogP contribution in [0.15, 0.2) is 108 Å². The first-order valence-electron chi connectivity index (χ1n) is 29.5. The van der Waals surface area contributed by atoms with Crippen LogP contribution >= 0.6 is 0 Å². The minimum Gasteiger partial charge on any atom is -0.507 e. The van der Waals surface area contributed by atoms with Crippen LogP contribution in [0.4, 0.5) is 43.4 Å². The highest BCUT2D eigenvalue weighted by Gasteiger charge is 2.47. The van der Waals surface area contributed by atoms with E-state index in [2.05, 4.69) is 23.1 Å². The number of hydrogen-bond donors (Lipinski definition) is 2. The van der Waals surface area contributed by atoms with E-state index in [0.717, 1.165) is 51.9 Å². The van der Waals surface area contributed by atoms with Crippen LogP contribution < -0.4 is 25.8 Å². The van der Waals surface area contributed by atoms with Crippen molar-refractivity contribution >= 4 is 56.6 Å². The summed E-state index contributed by atoms with van der Waals surface area (Å²) >= 11 is 0. The number of amides is 3. The largest absolute Gasteiger partial charge is 0.507 e. The molecule has 0 bridgehead atoms. The van der Waals surface area contributed by atoms with Crippen molar-refractivity contribution in [1.82, 2.24) is 28.9 Å². The molecule has 4 aromatic carbocycles. The van der Waals surface area contributed by atoms with Crippen molar-refractivity contribution < 1.29 is 50.9 Å². The monoisotopic (exact) mass is 1230 g/mol. The predicted molar refractivity (Wildman–Crippen MR) is 333 cm³/mol. The van der Waals surface area contributed by atoms with E-state index in [-0.39, 0.29) is 87.7 Å². The lowest BCUT2D eigenvalue weighted by atomic mass is 9.89. The van der Waals surface area contributed by atoms with E-state index in [1.807, 2.05) is 39.5 Å². The smallest absolute Gasteiger partial charge is 0.281 e. The Labute approximate surface area is 513 Å². The van der Waals surface area contributed by atoms with Gasteiger partial charge < -0.3 is 34.7 Å². The highest BCUT2D eigenvalue weighted by Crippen LogP contribution is 2.48. The van der Waals surface area contributed by atoms with Crippen LogP contribution in [0.1, 0.15) is 87.9 Å². The molecule has 3 amide bonds. The molecule has 4 unspecified atom stereocenters. The van der Waals surface area contributed by atoms with Crippen LogP contribution in [0.25, 0.3) is 55.4 Å². The molecular weight excluding hydrogens is 1170 g/mol. The number of nitrogens with zero attached hydrogens (tertiary/aromatic N) is 9. The van der Waals surface area contributed by atoms with Gasteiger partial charge in [0.05, 0.1) is 74.0 Å². The van der Waals surface area contributed by atoms with E-state index in [4.69, 9.17) is 0 Å². The number of phenols is 2. The van der Waals surface area contributed by atoms with Crippen molar-refractivity contribution in [3.8, 4) is 45.1 Å². The van der Waals surface area contributed by atoms with Gasteiger partial charge in [0.25, 0.3) is 17.0 Å². The van der Waals surface area contributed by atoms with E-state index in [1.54, 1.807) is 55.1 Å². The van der Waals surface area contributed by atoms with Gasteiger partial charge in [0, 0.05) is 73.5 Å². The molecular formula is C68H65F6N9O7. The third kappa shape index (κ3) is 9.72. The number of aromatic hydroxyl groups is 2. The standard InChI is InChI=1S/C34H32F3N5O4.C34H33F3N4O3/c1-7-24(44)40-15-22-33(45)39(6)32-31(41(22)14-18(40)5)19-13-21(36)26(25-20(35)9-8-10-23(25)43)27(37)30(19)42(34(32)46)29-17(4)11-12-38-28(29)16(2)3;1-6-26(43)39-16-20-10-11-21-32(40(20)15-19(39)5)22-14-24(36)28(27-23(35)8-7-9-25(27)42)29(37)33(22)41(34(21)44)31-18(4)12-13-38-30(31)17(2)3/h7-13,16,18,22,43H,1,14-15H2,2-6H3;6-9,12-14,17,19-20,42H,1,10-11,15-16H2,2-5H3. The molecule has 2 saturated heterocycles. The van der Waals surface area contributed by atoms with Gasteiger partial charge in [-0.05, 0) is 124 Å². The number of pyridine rings is 4. The first-order valence-corrected chi connectivity index (χ1v) is 29.5. The third-order valence-corrected chi connectivity index (χ3v) is 17.8. The summed E-state index contributed by atoms with van der Waals surface area (Å²) in [5, 5.41) is 21.2. The number of anilines is 3. The van der Waals surface area contributed by atoms with Crippen molar-refractivity contribution in [2.75, 3.05) is 47.9 Å². The van der Waals surface area contributed by atoms with Gasteiger partial charge in [-0.15, -0.1) is 0 Å². The van der Waals surface area contributed by atoms with Crippen LogP contribution in [0.3, 0.4) is 0 Å². The average Bonchev–Trinajstić information content (AvgIpc) is 0.710. The lowest BCUT2D eigenvalue weighted by molar-refractivity contribution is -0.131. The molecule has 0 aliphatic carbocycles. The van der Waals surface area contributed by atoms with Crippen molar-refractivity contribution in [3.05, 3.63) is 182 Å². The maximum absolute atomic E-state index is 17.2. The Bertz CT molecular complexity index is 4490. The molecule has 0 radical (unpaired) electrons. The number of carbonyl (C=O) groups excluding carboxylic acids is 3. The number of likely N-dealkylation sites (N-methyl/N-ethyl adjacent to an activating group) is 1. The first kappa shape index (κ1) is 61.9. The molecule has 2 N–H and O–H groups in total. The van der Waals surface area contributed by atoms with Gasteiger partial charge in [0.1, 0.15) is 46.5 Å². The summed E-state index contributed by atoms with van der Waals surface area (Å²) < 4.78 is 99.1. The Morgan fingerprint density at radius 2 is 1.04 bits per heavy atom. The summed E-state index contributed by atoms with van der Waals surface area (Å²) in [5.41, 5.74) is -1.18. The number of benzene rings is 4. The fraction of sp³-hybridized carbons (Fsp3) is 0.309. The molecule has 16 nitrogen and oxygen atoms in total. The molecule has 4 aromatic heterocycles. The summed E-state index contributed by atoms with van der Waals surface area (Å²) in [4.78, 5) is 85.4. The lowest BCUT2D eigenvalue weighted by Crippen LogP contribution is -2.66. The maximum atomic E-state index is 17.2. The number of aryl methyl sites for hydroxylation is 2. The number of aromatic nitrogens is 4. The van der Waals surface area contributed by atoms with Crippen molar-refractivity contribution in [2.24, 2.45) is 0 Å². The third-order valence-electron chi connectivity index (χ3n) is 17.8. The van der Waals surface area contributed by atoms with Crippen molar-refractivity contribution in [3.63, 3.8) is 0 Å². The number of hydrogen-bond acceptors (Lipinski definition) is 11. The number of halogens is 6. The topological polar surface area (TPSA) is 178 Å². The second kappa shape index (κ2) is 23.3. The molecule has 8 heterocycles. The molecule has 466 valence electrons. The zero-order chi connectivity index (χ0) is 65.0. The zero-order valence-electron chi connectivity index (χ0n) is 50.9. The van der Waals surface area contributed by atoms with Crippen LogP contribution in [0.2, 0.25) is 0 Å². The highest BCUT2D eigenvalue weighted by atomic mass is 19.2. The van der Waals surface area contributed by atoms with Crippen LogP contribution in [-0.4, -0.2) is 114 Å². The minimum atomic E-state index is -1.28. The van der Waals surface area contributed by atoms with Crippen LogP contribution in [0.5, 0.6) is 11.5 Å². The molecule has 4 aliphatic heterocycles. The van der Waals surface area contributed by atoms with Gasteiger partial charge in [0.15, 0.2) is 11.6 Å². The lowest BCUT2D eigenvalue weighted by Gasteiger charge is -2.50. The van der Waals surface area contributed by atoms with Gasteiger partial charge in [-0.2, -0.15) is 0 Å². The highest BCUT2D eigenvalue weighted by molar-refractivity contribution is 6.13. The number of rotatable bonds is 8. The fourth-order valence-corrected chi connectivity index (χ4v) is 13.6. The maximum Gasteiger partial charge on any atom is 0.281 e. The Morgan fingerprint density at radius 1 is 0.589 bits per heavy atom. The van der Waals surface area contributed by atoms with E-state index in [9.17, 15) is 34.2 Å². The molecule has 4 atom stereocenters. The number of carbonyl (C=O) groups is 3. The molecule has 2 fully saturated rings. The molecule has 12 rings (SSSR count). The summed E-state index contributed by atoms with van der Waals surface area (Å²) in [5.74, 6) is -9.57. The normalized spacial score (nSPS) is 17.9. The first-order chi connectivity index (χ1) is 42.7. The summed E-state index contributed by atoms with van der Waals surface area (Å²) in [7, 11) is 1.41. The molecule has 0 saturated carbocycles. The van der Waals surface area contributed by atoms with E-state index in [1.165, 1.54) is 34.7 Å². The summed E-state index contributed by atoms with van der Waals surface area (Å²) in [6.07, 6.45) is 6.48. The Balaban J connectivity index is 0.000000185. The number of fused-ring (bicyclic) bond motifs is 10. The predicted octanol–water partition coefficient (Wildman–Crippen LogP) is 11.3. The van der Waals surface area contributed by atoms with Crippen molar-refractivity contribution in [1.29, 1.82) is 0 Å². The second-order valence-corrected chi connectivity index (χ2v) is 24.0. The molecule has 90 heavy (non-hydrogen) atoms. The molecule has 8 aromatic rings. The second-order valence-electron chi connectivity index (χ2n) is 24.0. The minimum absolute atomic E-state index is 0.0510. The van der Waals surface area contributed by atoms with Gasteiger partial charge in [-0.25, -0.2) is 26.3 Å². The Hall–Kier alpha value is -9.73. The fourth-order valence-electron chi connectivity index (χ4n) is 13.6. The average molecular weight is 1230 g/mol. The van der Waals surface area contributed by atoms with Gasteiger partial charge in [-0.1, -0.05) is 53.0 Å². The quantitative estimate of drug-likeness (QED) is 0.109. The van der Waals surface area contributed by atoms with Crippen molar-refractivity contribution in [2.45, 2.75) is 104 Å². The molecule has 0 spiro atoms. The van der Waals surface area contributed by atoms with E-state index in [0.29, 0.717) is 65.4 Å². The molecule has 4 aliphatic rings. The summed E-state index contributed by atoms with van der Waals surface area (Å²) in [6.45, 7) is 22.5. The van der Waals surface area contributed by atoms with Gasteiger partial charge >= 0.3 is 0 Å². The van der Waals surface area contributed by atoms with Crippen LogP contribution in [-0.2, 0) is 20.8 Å². The van der Waals surface area contributed by atoms with E-state index < -0.39 is 97.8 Å². The number of phenolic OH excluding ortho intramolecular Hbond substituents is 2. The van der Waals surface area contributed by atoms with Gasteiger partial charge in [-0.3, -0.25) is 43.1 Å². The Kier molecular flexibility index (Phi) is 16.0. The molecule has 22 heteroatoms. The zero-order valence-corrected chi connectivity index (χ0v) is 50.9. The van der Waals surface area contributed by atoms with E-state index >= 15 is 26.3 Å². The Morgan fingerprint density at radius 3 is 1.51 bits per heavy atom. The van der Waals surface area contributed by atoms with Crippen LogP contribution in [0, 0.1) is 48.8 Å². The SMILES string of the molecule is C=CC(=O)N1CC2C(=O)N(C)c3c(c4cc(F)c(-c5c(O)cccc5F)c(F)c4n(-c4c(C)ccnc4C(C)C)c3=O)N2CC1C.C=CC(=O)N1CC2CCc3c(c4cc(F)c(-c5c(O)cccc5F)c(F)c4n(-c4c(C)ccnc4C(C)C)c3=O)N2CC1C. The summed E-state index contributed by atoms with van der Waals surface area (Å²) in [6, 6.07) is 10.3.